The van der Waals surface area contributed by atoms with Gasteiger partial charge >= 0.3 is 6.09 Å². The third-order valence-electron chi connectivity index (χ3n) is 4.96. The Labute approximate surface area is 206 Å². The standard InChI is InChI=1S/C28H32N2O5/c1-28(2,3)35-27(32)30-23(26(29)31)16-22-14-15-24(33-18-20-10-6-4-7-11-20)25(17-22)34-19-21-12-8-5-9-13-21/h4-15,17,23H,16,18-19H2,1-3H3,(H2,29,31)(H,30,32)/t23-/m0/s1. The summed E-state index contributed by atoms with van der Waals surface area (Å²) in [4.78, 5) is 24.2. The second-order valence-electron chi connectivity index (χ2n) is 9.13. The van der Waals surface area contributed by atoms with Crippen LogP contribution in [0.15, 0.2) is 78.9 Å². The van der Waals surface area contributed by atoms with E-state index in [0.29, 0.717) is 24.7 Å². The van der Waals surface area contributed by atoms with Crippen molar-refractivity contribution >= 4 is 12.0 Å². The van der Waals surface area contributed by atoms with E-state index >= 15 is 0 Å². The van der Waals surface area contributed by atoms with Gasteiger partial charge in [-0.2, -0.15) is 0 Å². The minimum absolute atomic E-state index is 0.176. The van der Waals surface area contributed by atoms with Crippen LogP contribution in [0.4, 0.5) is 4.79 Å². The lowest BCUT2D eigenvalue weighted by Gasteiger charge is -2.22. The number of carbonyl (C=O) groups excluding carboxylic acids is 2. The molecule has 3 rings (SSSR count). The van der Waals surface area contributed by atoms with E-state index in [-0.39, 0.29) is 6.42 Å². The van der Waals surface area contributed by atoms with Gasteiger partial charge in [-0.15, -0.1) is 0 Å². The number of hydrogen-bond acceptors (Lipinski definition) is 5. The first-order valence-electron chi connectivity index (χ1n) is 11.4. The Bertz CT molecular complexity index is 1110. The van der Waals surface area contributed by atoms with Gasteiger partial charge in [0.15, 0.2) is 11.5 Å². The molecule has 2 amide bonds. The first kappa shape index (κ1) is 25.6. The van der Waals surface area contributed by atoms with Crippen molar-refractivity contribution in [3.05, 3.63) is 95.6 Å². The third kappa shape index (κ3) is 8.70. The van der Waals surface area contributed by atoms with Crippen molar-refractivity contribution in [3.8, 4) is 11.5 Å². The molecule has 0 aliphatic carbocycles. The van der Waals surface area contributed by atoms with Crippen LogP contribution in [0.1, 0.15) is 37.5 Å². The van der Waals surface area contributed by atoms with Gasteiger partial charge in [-0.05, 0) is 49.6 Å². The maximum absolute atomic E-state index is 12.2. The lowest BCUT2D eigenvalue weighted by Crippen LogP contribution is -2.47. The van der Waals surface area contributed by atoms with Crippen LogP contribution in [-0.2, 0) is 29.2 Å². The van der Waals surface area contributed by atoms with Crippen LogP contribution in [0.25, 0.3) is 0 Å². The van der Waals surface area contributed by atoms with Gasteiger partial charge in [-0.3, -0.25) is 4.79 Å². The molecular weight excluding hydrogens is 444 g/mol. The van der Waals surface area contributed by atoms with Crippen LogP contribution in [0, 0.1) is 0 Å². The molecule has 0 saturated carbocycles. The lowest BCUT2D eigenvalue weighted by molar-refractivity contribution is -0.120. The number of rotatable bonds is 10. The zero-order chi connectivity index (χ0) is 25.3. The predicted octanol–water partition coefficient (Wildman–Crippen LogP) is 4.77. The summed E-state index contributed by atoms with van der Waals surface area (Å²) in [6.45, 7) is 5.97. The zero-order valence-electron chi connectivity index (χ0n) is 20.3. The average molecular weight is 477 g/mol. The normalized spacial score (nSPS) is 11.9. The molecule has 0 heterocycles. The van der Waals surface area contributed by atoms with Crippen molar-refractivity contribution in [3.63, 3.8) is 0 Å². The molecule has 0 fully saturated rings. The molecule has 0 spiro atoms. The Hall–Kier alpha value is -4.00. The largest absolute Gasteiger partial charge is 0.485 e. The molecule has 7 heteroatoms. The SMILES string of the molecule is CC(C)(C)OC(=O)N[C@@H](Cc1ccc(OCc2ccccc2)c(OCc2ccccc2)c1)C(N)=O. The van der Waals surface area contributed by atoms with Crippen molar-refractivity contribution in [2.45, 2.75) is 52.0 Å². The summed E-state index contributed by atoms with van der Waals surface area (Å²) < 4.78 is 17.4. The van der Waals surface area contributed by atoms with Crippen molar-refractivity contribution in [1.82, 2.24) is 5.32 Å². The molecular formula is C28H32N2O5. The maximum Gasteiger partial charge on any atom is 0.408 e. The van der Waals surface area contributed by atoms with Gasteiger partial charge in [0.25, 0.3) is 0 Å². The number of primary amides is 1. The van der Waals surface area contributed by atoms with Crippen LogP contribution >= 0.6 is 0 Å². The van der Waals surface area contributed by atoms with E-state index < -0.39 is 23.6 Å². The molecule has 35 heavy (non-hydrogen) atoms. The van der Waals surface area contributed by atoms with E-state index in [2.05, 4.69) is 5.32 Å². The van der Waals surface area contributed by atoms with E-state index in [9.17, 15) is 9.59 Å². The Morgan fingerprint density at radius 2 is 1.34 bits per heavy atom. The van der Waals surface area contributed by atoms with Crippen molar-refractivity contribution in [1.29, 1.82) is 0 Å². The highest BCUT2D eigenvalue weighted by atomic mass is 16.6. The molecule has 0 aliphatic heterocycles. The molecule has 0 unspecified atom stereocenters. The highest BCUT2D eigenvalue weighted by Gasteiger charge is 2.23. The van der Waals surface area contributed by atoms with E-state index in [1.807, 2.05) is 66.7 Å². The second kappa shape index (κ2) is 11.9. The van der Waals surface area contributed by atoms with Crippen LogP contribution in [-0.4, -0.2) is 23.6 Å². The summed E-state index contributed by atoms with van der Waals surface area (Å²) in [5.74, 6) is 0.444. The quantitative estimate of drug-likeness (QED) is 0.439. The van der Waals surface area contributed by atoms with E-state index in [1.54, 1.807) is 32.9 Å². The van der Waals surface area contributed by atoms with Gasteiger partial charge in [-0.1, -0.05) is 66.7 Å². The number of alkyl carbamates (subject to hydrolysis) is 1. The zero-order valence-corrected chi connectivity index (χ0v) is 20.3. The van der Waals surface area contributed by atoms with Crippen molar-refractivity contribution in [2.24, 2.45) is 5.73 Å². The number of amides is 2. The lowest BCUT2D eigenvalue weighted by atomic mass is 10.0. The van der Waals surface area contributed by atoms with Gasteiger partial charge in [-0.25, -0.2) is 4.79 Å². The van der Waals surface area contributed by atoms with Gasteiger partial charge in [0, 0.05) is 6.42 Å². The summed E-state index contributed by atoms with van der Waals surface area (Å²) >= 11 is 0. The van der Waals surface area contributed by atoms with Gasteiger partial charge in [0.1, 0.15) is 24.9 Å². The predicted molar refractivity (Wildman–Crippen MR) is 134 cm³/mol. The van der Waals surface area contributed by atoms with E-state index in [0.717, 1.165) is 16.7 Å². The molecule has 3 aromatic rings. The van der Waals surface area contributed by atoms with Crippen molar-refractivity contribution in [2.75, 3.05) is 0 Å². The summed E-state index contributed by atoms with van der Waals surface area (Å²) in [5.41, 5.74) is 7.64. The molecule has 3 aromatic carbocycles. The fourth-order valence-electron chi connectivity index (χ4n) is 3.29. The summed E-state index contributed by atoms with van der Waals surface area (Å²) in [6, 6.07) is 24.1. The number of benzene rings is 3. The van der Waals surface area contributed by atoms with E-state index in [1.165, 1.54) is 0 Å². The van der Waals surface area contributed by atoms with Crippen LogP contribution in [0.3, 0.4) is 0 Å². The van der Waals surface area contributed by atoms with Crippen molar-refractivity contribution < 1.29 is 23.8 Å². The fourth-order valence-corrected chi connectivity index (χ4v) is 3.29. The molecule has 3 N–H and O–H groups in total. The molecule has 0 aromatic heterocycles. The molecule has 184 valence electrons. The third-order valence-corrected chi connectivity index (χ3v) is 4.96. The van der Waals surface area contributed by atoms with E-state index in [4.69, 9.17) is 19.9 Å². The first-order valence-corrected chi connectivity index (χ1v) is 11.4. The van der Waals surface area contributed by atoms with Gasteiger partial charge in [0.05, 0.1) is 0 Å². The van der Waals surface area contributed by atoms with Crippen LogP contribution in [0.5, 0.6) is 11.5 Å². The molecule has 0 saturated heterocycles. The highest BCUT2D eigenvalue weighted by Crippen LogP contribution is 2.30. The Kier molecular flexibility index (Phi) is 8.73. The molecule has 0 bridgehead atoms. The van der Waals surface area contributed by atoms with Crippen LogP contribution in [0.2, 0.25) is 0 Å². The minimum atomic E-state index is -0.942. The Morgan fingerprint density at radius 3 is 1.86 bits per heavy atom. The minimum Gasteiger partial charge on any atom is -0.485 e. The monoisotopic (exact) mass is 476 g/mol. The van der Waals surface area contributed by atoms with Crippen LogP contribution < -0.4 is 20.5 Å². The van der Waals surface area contributed by atoms with Gasteiger partial charge in [0.2, 0.25) is 5.91 Å². The molecule has 0 radical (unpaired) electrons. The fraction of sp³-hybridized carbons (Fsp3) is 0.286. The summed E-state index contributed by atoms with van der Waals surface area (Å²) in [5, 5.41) is 2.55. The average Bonchev–Trinajstić information content (AvgIpc) is 2.81. The Balaban J connectivity index is 1.77. The Morgan fingerprint density at radius 1 is 0.800 bits per heavy atom. The number of nitrogens with two attached hydrogens (primary N) is 1. The number of carbonyl (C=O) groups is 2. The summed E-state index contributed by atoms with van der Waals surface area (Å²) in [7, 11) is 0. The second-order valence-corrected chi connectivity index (χ2v) is 9.13. The number of nitrogens with one attached hydrogen (secondary N) is 1. The highest BCUT2D eigenvalue weighted by molar-refractivity contribution is 5.84. The molecule has 7 nitrogen and oxygen atoms in total. The first-order chi connectivity index (χ1) is 16.7. The van der Waals surface area contributed by atoms with Gasteiger partial charge < -0.3 is 25.3 Å². The summed E-state index contributed by atoms with van der Waals surface area (Å²) in [6.07, 6.45) is -0.528. The molecule has 1 atom stereocenters. The topological polar surface area (TPSA) is 99.9 Å². The number of ether oxygens (including phenoxy) is 3. The maximum atomic E-state index is 12.2. The number of hydrogen-bond donors (Lipinski definition) is 2. The smallest absolute Gasteiger partial charge is 0.408 e. The molecule has 0 aliphatic rings.